The van der Waals surface area contributed by atoms with Gasteiger partial charge in [0.05, 0.1) is 0 Å². The Balaban J connectivity index is 2.61. The summed E-state index contributed by atoms with van der Waals surface area (Å²) in [6.45, 7) is 7.25. The first-order chi connectivity index (χ1) is 8.10. The average Bonchev–Trinajstić information content (AvgIpc) is 2.32. The van der Waals surface area contributed by atoms with Crippen molar-refractivity contribution in [2.75, 3.05) is 25.4 Å². The molecule has 0 atom stereocenters. The minimum absolute atomic E-state index is 0.00294. The molecule has 0 aliphatic rings. The van der Waals surface area contributed by atoms with E-state index < -0.39 is 0 Å². The highest BCUT2D eigenvalue weighted by Crippen LogP contribution is 2.22. The molecule has 94 valence electrons. The number of likely N-dealkylation sites (N-methyl/N-ethyl adjacent to an activating group) is 1. The Labute approximate surface area is 102 Å². The number of hydrogen-bond acceptors (Lipinski definition) is 3. The van der Waals surface area contributed by atoms with Gasteiger partial charge in [-0.2, -0.15) is 0 Å². The van der Waals surface area contributed by atoms with Crippen molar-refractivity contribution in [1.29, 1.82) is 0 Å². The van der Waals surface area contributed by atoms with E-state index in [4.69, 9.17) is 10.5 Å². The van der Waals surface area contributed by atoms with Crippen LogP contribution in [0.25, 0.3) is 0 Å². The third-order valence-corrected chi connectivity index (χ3v) is 2.79. The normalized spacial score (nSPS) is 10.1. The summed E-state index contributed by atoms with van der Waals surface area (Å²) in [7, 11) is 0. The van der Waals surface area contributed by atoms with E-state index >= 15 is 0 Å². The van der Waals surface area contributed by atoms with Crippen LogP contribution in [0.5, 0.6) is 5.75 Å². The predicted molar refractivity (Wildman–Crippen MR) is 69.0 cm³/mol. The first-order valence-electron chi connectivity index (χ1n) is 5.85. The summed E-state index contributed by atoms with van der Waals surface area (Å²) in [5, 5.41) is 0. The van der Waals surface area contributed by atoms with Gasteiger partial charge in [0.25, 0.3) is 5.91 Å². The monoisotopic (exact) mass is 236 g/mol. The van der Waals surface area contributed by atoms with Crippen LogP contribution in [0.3, 0.4) is 0 Å². The lowest BCUT2D eigenvalue weighted by Gasteiger charge is -2.19. The predicted octanol–water partition coefficient (Wildman–Crippen LogP) is 1.82. The molecule has 0 aliphatic carbocycles. The second kappa shape index (κ2) is 6.13. The van der Waals surface area contributed by atoms with Gasteiger partial charge in [0.15, 0.2) is 6.61 Å². The molecule has 1 aromatic carbocycles. The molecule has 2 N–H and O–H groups in total. The zero-order valence-electron chi connectivity index (χ0n) is 10.7. The quantitative estimate of drug-likeness (QED) is 0.793. The zero-order valence-corrected chi connectivity index (χ0v) is 10.7. The fourth-order valence-corrected chi connectivity index (χ4v) is 1.59. The molecule has 0 aliphatic heterocycles. The Morgan fingerprint density at radius 2 is 2.00 bits per heavy atom. The van der Waals surface area contributed by atoms with Crippen LogP contribution in [-0.4, -0.2) is 30.5 Å². The van der Waals surface area contributed by atoms with Crippen molar-refractivity contribution in [3.05, 3.63) is 23.8 Å². The van der Waals surface area contributed by atoms with Crippen molar-refractivity contribution in [2.45, 2.75) is 20.8 Å². The number of ether oxygens (including phenoxy) is 1. The number of rotatable bonds is 5. The van der Waals surface area contributed by atoms with E-state index in [1.54, 1.807) is 4.90 Å². The van der Waals surface area contributed by atoms with Gasteiger partial charge >= 0.3 is 0 Å². The summed E-state index contributed by atoms with van der Waals surface area (Å²) in [6.07, 6.45) is 0. The molecular formula is C13H20N2O2. The average molecular weight is 236 g/mol. The molecule has 0 spiro atoms. The van der Waals surface area contributed by atoms with Crippen LogP contribution in [0.1, 0.15) is 19.4 Å². The fraction of sp³-hybridized carbons (Fsp3) is 0.462. The van der Waals surface area contributed by atoms with Gasteiger partial charge in [-0.1, -0.05) is 6.07 Å². The first kappa shape index (κ1) is 13.4. The van der Waals surface area contributed by atoms with Gasteiger partial charge in [0, 0.05) is 24.3 Å². The molecule has 4 heteroatoms. The van der Waals surface area contributed by atoms with Crippen molar-refractivity contribution >= 4 is 11.6 Å². The van der Waals surface area contributed by atoms with Crippen LogP contribution in [-0.2, 0) is 4.79 Å². The topological polar surface area (TPSA) is 55.6 Å². The van der Waals surface area contributed by atoms with Gasteiger partial charge in [0.1, 0.15) is 5.75 Å². The third-order valence-electron chi connectivity index (χ3n) is 2.79. The van der Waals surface area contributed by atoms with Crippen LogP contribution in [0, 0.1) is 6.92 Å². The van der Waals surface area contributed by atoms with Crippen molar-refractivity contribution in [1.82, 2.24) is 4.90 Å². The van der Waals surface area contributed by atoms with E-state index in [-0.39, 0.29) is 12.5 Å². The van der Waals surface area contributed by atoms with Crippen molar-refractivity contribution in [2.24, 2.45) is 0 Å². The van der Waals surface area contributed by atoms with E-state index in [0.29, 0.717) is 24.5 Å². The van der Waals surface area contributed by atoms with Crippen LogP contribution >= 0.6 is 0 Å². The summed E-state index contributed by atoms with van der Waals surface area (Å²) < 4.78 is 5.49. The maximum absolute atomic E-state index is 11.7. The second-order valence-electron chi connectivity index (χ2n) is 3.83. The summed E-state index contributed by atoms with van der Waals surface area (Å²) in [5.74, 6) is 0.669. The van der Waals surface area contributed by atoms with Gasteiger partial charge in [-0.05, 0) is 32.9 Å². The van der Waals surface area contributed by atoms with Crippen LogP contribution in [0.15, 0.2) is 18.2 Å². The molecule has 0 radical (unpaired) electrons. The van der Waals surface area contributed by atoms with Crippen molar-refractivity contribution < 1.29 is 9.53 Å². The SMILES string of the molecule is CCN(CC)C(=O)COc1cccc(N)c1C. The van der Waals surface area contributed by atoms with Crippen molar-refractivity contribution in [3.8, 4) is 5.75 Å². The highest BCUT2D eigenvalue weighted by molar-refractivity contribution is 5.77. The number of hydrogen-bond donors (Lipinski definition) is 1. The highest BCUT2D eigenvalue weighted by Gasteiger charge is 2.11. The molecule has 0 saturated heterocycles. The molecule has 0 heterocycles. The molecular weight excluding hydrogens is 216 g/mol. The molecule has 1 rings (SSSR count). The zero-order chi connectivity index (χ0) is 12.8. The molecule has 0 bridgehead atoms. The number of carbonyl (C=O) groups is 1. The number of amides is 1. The standard InChI is InChI=1S/C13H20N2O2/c1-4-15(5-2)13(16)9-17-12-8-6-7-11(14)10(12)3/h6-8H,4-5,9,14H2,1-3H3. The van der Waals surface area contributed by atoms with Gasteiger partial charge in [0.2, 0.25) is 0 Å². The lowest BCUT2D eigenvalue weighted by Crippen LogP contribution is -2.34. The largest absolute Gasteiger partial charge is 0.483 e. The fourth-order valence-electron chi connectivity index (χ4n) is 1.59. The molecule has 1 amide bonds. The lowest BCUT2D eigenvalue weighted by molar-refractivity contribution is -0.132. The first-order valence-corrected chi connectivity index (χ1v) is 5.85. The lowest BCUT2D eigenvalue weighted by atomic mass is 10.2. The molecule has 0 aromatic heterocycles. The molecule has 4 nitrogen and oxygen atoms in total. The van der Waals surface area contributed by atoms with E-state index in [9.17, 15) is 4.79 Å². The molecule has 17 heavy (non-hydrogen) atoms. The van der Waals surface area contributed by atoms with Crippen LogP contribution in [0.2, 0.25) is 0 Å². The van der Waals surface area contributed by atoms with E-state index in [1.165, 1.54) is 0 Å². The van der Waals surface area contributed by atoms with Gasteiger partial charge < -0.3 is 15.4 Å². The van der Waals surface area contributed by atoms with E-state index in [0.717, 1.165) is 5.56 Å². The van der Waals surface area contributed by atoms with Crippen molar-refractivity contribution in [3.63, 3.8) is 0 Å². The minimum Gasteiger partial charge on any atom is -0.483 e. The van der Waals surface area contributed by atoms with E-state index in [2.05, 4.69) is 0 Å². The number of carbonyl (C=O) groups excluding carboxylic acids is 1. The highest BCUT2D eigenvalue weighted by atomic mass is 16.5. The Morgan fingerprint density at radius 3 is 2.59 bits per heavy atom. The van der Waals surface area contributed by atoms with E-state index in [1.807, 2.05) is 39.0 Å². The number of benzene rings is 1. The number of nitrogen functional groups attached to an aromatic ring is 1. The second-order valence-corrected chi connectivity index (χ2v) is 3.83. The molecule has 0 unspecified atom stereocenters. The number of anilines is 1. The summed E-state index contributed by atoms with van der Waals surface area (Å²) in [4.78, 5) is 13.5. The van der Waals surface area contributed by atoms with Gasteiger partial charge in [-0.3, -0.25) is 4.79 Å². The van der Waals surface area contributed by atoms with Gasteiger partial charge in [-0.25, -0.2) is 0 Å². The summed E-state index contributed by atoms with van der Waals surface area (Å²) >= 11 is 0. The van der Waals surface area contributed by atoms with Crippen LogP contribution < -0.4 is 10.5 Å². The maximum atomic E-state index is 11.7. The Hall–Kier alpha value is -1.71. The molecule has 1 aromatic rings. The number of nitrogens with zero attached hydrogens (tertiary/aromatic N) is 1. The molecule has 0 fully saturated rings. The maximum Gasteiger partial charge on any atom is 0.260 e. The summed E-state index contributed by atoms with van der Waals surface area (Å²) in [6, 6.07) is 5.45. The minimum atomic E-state index is -0.00294. The van der Waals surface area contributed by atoms with Crippen LogP contribution in [0.4, 0.5) is 5.69 Å². The Bertz CT molecular complexity index is 387. The Morgan fingerprint density at radius 1 is 1.35 bits per heavy atom. The smallest absolute Gasteiger partial charge is 0.260 e. The molecule has 0 saturated carbocycles. The van der Waals surface area contributed by atoms with Gasteiger partial charge in [-0.15, -0.1) is 0 Å². The Kier molecular flexibility index (Phi) is 4.82. The third kappa shape index (κ3) is 3.37. The summed E-state index contributed by atoms with van der Waals surface area (Å²) in [5.41, 5.74) is 7.32. The number of nitrogens with two attached hydrogens (primary N) is 1.